The van der Waals surface area contributed by atoms with Crippen LogP contribution >= 0.6 is 0 Å². The monoisotopic (exact) mass is 714 g/mol. The van der Waals surface area contributed by atoms with Gasteiger partial charge in [-0.15, -0.1) is 26.3 Å². The molecule has 3 atom stereocenters. The molecule has 0 radical (unpaired) electrons. The van der Waals surface area contributed by atoms with Crippen LogP contribution in [0.15, 0.2) is 50.1 Å². The van der Waals surface area contributed by atoms with Crippen molar-refractivity contribution in [2.75, 3.05) is 0 Å². The Morgan fingerprint density at radius 3 is 1.27 bits per heavy atom. The van der Waals surface area contributed by atoms with Crippen LogP contribution in [0.5, 0.6) is 0 Å². The molecule has 1 aliphatic rings. The summed E-state index contributed by atoms with van der Waals surface area (Å²) in [4.78, 5) is 36.5. The lowest BCUT2D eigenvalue weighted by molar-refractivity contribution is -0.128. The number of rotatable bonds is 17. The molecule has 0 heterocycles. The molecule has 1 saturated carbocycles. The van der Waals surface area contributed by atoms with E-state index < -0.39 is 0 Å². The van der Waals surface area contributed by atoms with E-state index in [9.17, 15) is 14.4 Å². The van der Waals surface area contributed by atoms with E-state index in [0.717, 1.165) is 69.3 Å². The van der Waals surface area contributed by atoms with Gasteiger partial charge in [0.05, 0.1) is 0 Å². The summed E-state index contributed by atoms with van der Waals surface area (Å²) in [6.45, 7) is 41.8. The van der Waals surface area contributed by atoms with Crippen LogP contribution < -0.4 is 16.0 Å². The minimum Gasteiger partial charge on any atom is -0.351 e. The topological polar surface area (TPSA) is 87.3 Å². The molecule has 0 saturated heterocycles. The van der Waals surface area contributed by atoms with E-state index in [2.05, 4.69) is 63.0 Å². The third-order valence-corrected chi connectivity index (χ3v) is 8.31. The third kappa shape index (κ3) is 30.7. The first kappa shape index (κ1) is 50.5. The second-order valence-electron chi connectivity index (χ2n) is 19.2. The minimum absolute atomic E-state index is 0.0229. The molecule has 1 rings (SSSR count). The van der Waals surface area contributed by atoms with E-state index in [1.807, 2.05) is 87.5 Å². The van der Waals surface area contributed by atoms with E-state index in [1.165, 1.54) is 25.7 Å². The van der Waals surface area contributed by atoms with E-state index in [4.69, 9.17) is 0 Å². The van der Waals surface area contributed by atoms with Crippen molar-refractivity contribution in [3.63, 3.8) is 0 Å². The van der Waals surface area contributed by atoms with Crippen molar-refractivity contribution in [3.05, 3.63) is 50.1 Å². The fourth-order valence-corrected chi connectivity index (χ4v) is 6.19. The van der Waals surface area contributed by atoms with E-state index in [1.54, 1.807) is 0 Å². The van der Waals surface area contributed by atoms with Gasteiger partial charge in [0.15, 0.2) is 0 Å². The predicted octanol–water partition coefficient (Wildman–Crippen LogP) is 11.4. The molecule has 0 aromatic heterocycles. The molecule has 0 aromatic rings. The molecule has 3 N–H and O–H groups in total. The summed E-state index contributed by atoms with van der Waals surface area (Å²) in [5.74, 6) is 1.58. The lowest BCUT2D eigenvalue weighted by atomic mass is 9.82. The second-order valence-corrected chi connectivity index (χ2v) is 19.2. The Morgan fingerprint density at radius 2 is 0.941 bits per heavy atom. The number of hydrogen-bond acceptors (Lipinski definition) is 3. The Kier molecular flexibility index (Phi) is 24.3. The Morgan fingerprint density at radius 1 is 0.608 bits per heavy atom. The van der Waals surface area contributed by atoms with Crippen molar-refractivity contribution in [2.45, 2.75) is 190 Å². The van der Waals surface area contributed by atoms with Crippen LogP contribution in [0.1, 0.15) is 173 Å². The number of nitrogens with one attached hydrogen (secondary N) is 3. The standard InChI is InChI=1S/C16H29NO.C15H29NO.C14H25NO/c1-5-6-11-14(12-13-9-7-8-10-13)15(18)17-16(2,3)4;1-8-9-10-12(11-14(2,3)4)13(17)16-15(5,6)7;1-7-8-9-12(10-11(2)3)13(16)15-14(4,5)6/h5,13-14H,1,6-12H2,2-4H3,(H,17,18);8,12H,1,9-11H2,2-7H3,(H,16,17);7,12H,1-2,8-10H2,3-6H3,(H,15,16). The summed E-state index contributed by atoms with van der Waals surface area (Å²) < 4.78 is 0. The maximum atomic E-state index is 12.3. The zero-order valence-corrected chi connectivity index (χ0v) is 35.8. The Balaban J connectivity index is 0. The van der Waals surface area contributed by atoms with Crippen molar-refractivity contribution in [1.82, 2.24) is 16.0 Å². The largest absolute Gasteiger partial charge is 0.351 e. The van der Waals surface area contributed by atoms with Gasteiger partial charge in [-0.1, -0.05) is 70.3 Å². The summed E-state index contributed by atoms with van der Waals surface area (Å²) in [5, 5.41) is 9.23. The number of carbonyl (C=O) groups excluding carboxylic acids is 3. The molecular formula is C45H83N3O3. The Bertz CT molecular complexity index is 1060. The number of hydrogen-bond donors (Lipinski definition) is 3. The molecule has 6 heteroatoms. The van der Waals surface area contributed by atoms with Crippen molar-refractivity contribution in [2.24, 2.45) is 29.1 Å². The quantitative estimate of drug-likeness (QED) is 0.131. The predicted molar refractivity (Wildman–Crippen MR) is 223 cm³/mol. The van der Waals surface area contributed by atoms with Crippen LogP contribution in [0.3, 0.4) is 0 Å². The summed E-state index contributed by atoms with van der Waals surface area (Å²) in [6, 6.07) is 0. The molecule has 0 aromatic carbocycles. The summed E-state index contributed by atoms with van der Waals surface area (Å²) in [7, 11) is 0. The van der Waals surface area contributed by atoms with Gasteiger partial charge in [0.2, 0.25) is 17.7 Å². The van der Waals surface area contributed by atoms with E-state index in [-0.39, 0.29) is 57.5 Å². The Hall–Kier alpha value is -2.63. The van der Waals surface area contributed by atoms with Gasteiger partial charge < -0.3 is 16.0 Å². The molecule has 6 nitrogen and oxygen atoms in total. The molecule has 296 valence electrons. The first-order valence-corrected chi connectivity index (χ1v) is 19.7. The average Bonchev–Trinajstić information content (AvgIpc) is 3.46. The minimum atomic E-state index is -0.168. The SMILES string of the molecule is C=CCCC(CC(=C)C)C(=O)NC(C)(C)C.C=CCCC(CC(C)(C)C)C(=O)NC(C)(C)C.C=CCCC(CC1CCCC1)C(=O)NC(C)(C)C. The maximum Gasteiger partial charge on any atom is 0.223 e. The molecule has 0 aliphatic heterocycles. The summed E-state index contributed by atoms with van der Waals surface area (Å²) >= 11 is 0. The molecule has 3 amide bonds. The van der Waals surface area contributed by atoms with Crippen LogP contribution in [0, 0.1) is 29.1 Å². The van der Waals surface area contributed by atoms with Gasteiger partial charge in [0.25, 0.3) is 0 Å². The van der Waals surface area contributed by atoms with Crippen LogP contribution in [-0.4, -0.2) is 34.3 Å². The third-order valence-electron chi connectivity index (χ3n) is 8.31. The fraction of sp³-hybridized carbons (Fsp3) is 0.756. The van der Waals surface area contributed by atoms with Crippen LogP contribution in [0.4, 0.5) is 0 Å². The summed E-state index contributed by atoms with van der Waals surface area (Å²) in [5.41, 5.74) is 0.790. The van der Waals surface area contributed by atoms with Gasteiger partial charge in [-0.2, -0.15) is 0 Å². The highest BCUT2D eigenvalue weighted by Gasteiger charge is 2.28. The zero-order chi connectivity index (χ0) is 40.1. The average molecular weight is 714 g/mol. The van der Waals surface area contributed by atoms with Crippen molar-refractivity contribution in [3.8, 4) is 0 Å². The first-order chi connectivity index (χ1) is 23.2. The lowest BCUT2D eigenvalue weighted by Crippen LogP contribution is -2.44. The van der Waals surface area contributed by atoms with E-state index >= 15 is 0 Å². The number of allylic oxidation sites excluding steroid dienone is 4. The van der Waals surface area contributed by atoms with Crippen molar-refractivity contribution in [1.29, 1.82) is 0 Å². The number of carbonyl (C=O) groups is 3. The van der Waals surface area contributed by atoms with Gasteiger partial charge in [-0.05, 0) is 138 Å². The van der Waals surface area contributed by atoms with Gasteiger partial charge >= 0.3 is 0 Å². The van der Waals surface area contributed by atoms with Crippen LogP contribution in [0.25, 0.3) is 0 Å². The van der Waals surface area contributed by atoms with Crippen LogP contribution in [0.2, 0.25) is 0 Å². The van der Waals surface area contributed by atoms with Crippen molar-refractivity contribution >= 4 is 17.7 Å². The van der Waals surface area contributed by atoms with Gasteiger partial charge in [-0.3, -0.25) is 14.4 Å². The highest BCUT2D eigenvalue weighted by molar-refractivity contribution is 5.80. The molecule has 0 bridgehead atoms. The molecule has 3 unspecified atom stereocenters. The lowest BCUT2D eigenvalue weighted by Gasteiger charge is -2.29. The highest BCUT2D eigenvalue weighted by Crippen LogP contribution is 2.32. The molecule has 51 heavy (non-hydrogen) atoms. The smallest absolute Gasteiger partial charge is 0.223 e. The van der Waals surface area contributed by atoms with Crippen molar-refractivity contribution < 1.29 is 14.4 Å². The number of amides is 3. The first-order valence-electron chi connectivity index (χ1n) is 19.7. The van der Waals surface area contributed by atoms with Crippen LogP contribution in [-0.2, 0) is 14.4 Å². The molecule has 1 aliphatic carbocycles. The molecule has 1 fully saturated rings. The zero-order valence-electron chi connectivity index (χ0n) is 35.8. The van der Waals surface area contributed by atoms with Gasteiger partial charge in [0, 0.05) is 34.4 Å². The fourth-order valence-electron chi connectivity index (χ4n) is 6.19. The molecular weight excluding hydrogens is 631 g/mol. The molecule has 0 spiro atoms. The van der Waals surface area contributed by atoms with Gasteiger partial charge in [0.1, 0.15) is 0 Å². The Labute approximate surface area is 316 Å². The maximum absolute atomic E-state index is 12.3. The second kappa shape index (κ2) is 24.6. The summed E-state index contributed by atoms with van der Waals surface area (Å²) in [6.07, 6.45) is 19.1. The highest BCUT2D eigenvalue weighted by atomic mass is 16.2. The normalized spacial score (nSPS) is 15.4. The van der Waals surface area contributed by atoms with Gasteiger partial charge in [-0.25, -0.2) is 0 Å². The van der Waals surface area contributed by atoms with E-state index in [0.29, 0.717) is 0 Å².